The summed E-state index contributed by atoms with van der Waals surface area (Å²) in [4.78, 5) is 7.53. The highest BCUT2D eigenvalue weighted by molar-refractivity contribution is 5.29. The minimum absolute atomic E-state index is 0.140. The number of nitrogens with zero attached hydrogens (tertiary/aromatic N) is 2. The Morgan fingerprint density at radius 2 is 1.64 bits per heavy atom. The van der Waals surface area contributed by atoms with Crippen molar-refractivity contribution in [2.24, 2.45) is 0 Å². The van der Waals surface area contributed by atoms with Crippen molar-refractivity contribution in [3.05, 3.63) is 6.07 Å². The number of aromatic nitrogens is 2. The van der Waals surface area contributed by atoms with Gasteiger partial charge in [-0.1, -0.05) is 0 Å². The molecule has 0 amide bonds. The largest absolute Gasteiger partial charge is 0.481 e. The number of methoxy groups -OCH3 is 2. The zero-order chi connectivity index (χ0) is 8.27. The van der Waals surface area contributed by atoms with E-state index in [0.29, 0.717) is 11.8 Å². The molecule has 0 aliphatic carbocycles. The molecule has 0 saturated carbocycles. The lowest BCUT2D eigenvalue weighted by molar-refractivity contribution is 0.373. The minimum Gasteiger partial charge on any atom is -0.481 e. The SMILES string of the molecule is COc1cc(OC)[15n]c([15NH2])[15n]1. The van der Waals surface area contributed by atoms with Gasteiger partial charge < -0.3 is 15.2 Å². The highest BCUT2D eigenvalue weighted by Crippen LogP contribution is 2.14. The van der Waals surface area contributed by atoms with Crippen LogP contribution in [-0.4, -0.2) is 24.2 Å². The van der Waals surface area contributed by atoms with Gasteiger partial charge in [0, 0.05) is 0 Å². The Morgan fingerprint density at radius 3 is 2.00 bits per heavy atom. The van der Waals surface area contributed by atoms with Crippen molar-refractivity contribution in [2.75, 3.05) is 20.0 Å². The first-order valence-corrected chi connectivity index (χ1v) is 2.99. The van der Waals surface area contributed by atoms with Gasteiger partial charge in [-0.25, -0.2) is 0 Å². The lowest BCUT2D eigenvalue weighted by Gasteiger charge is -2.01. The molecule has 60 valence electrons. The molecule has 5 nitrogen and oxygen atoms in total. The molecule has 1 aromatic heterocycles. The Kier molecular flexibility index (Phi) is 2.10. The molecule has 0 aliphatic rings. The van der Waals surface area contributed by atoms with Crippen LogP contribution in [0.3, 0.4) is 0 Å². The predicted octanol–water partition coefficient (Wildman–Crippen LogP) is 0.0760. The Labute approximate surface area is 64.2 Å². The summed E-state index contributed by atoms with van der Waals surface area (Å²) in [5.41, 5.74) is 5.33. The monoisotopic (exact) mass is 158 g/mol. The molecule has 2 N–H and O–H groups in total. The zero-order valence-electron chi connectivity index (χ0n) is 6.37. The lowest BCUT2D eigenvalue weighted by Crippen LogP contribution is -1.99. The van der Waals surface area contributed by atoms with Crippen LogP contribution in [0.15, 0.2) is 6.07 Å². The second kappa shape index (κ2) is 3.05. The van der Waals surface area contributed by atoms with Gasteiger partial charge in [-0.3, -0.25) is 0 Å². The molecule has 1 aromatic rings. The van der Waals surface area contributed by atoms with Crippen molar-refractivity contribution in [3.63, 3.8) is 0 Å². The molecule has 0 radical (unpaired) electrons. The fourth-order valence-corrected chi connectivity index (χ4v) is 0.630. The van der Waals surface area contributed by atoms with E-state index in [4.69, 9.17) is 15.2 Å². The molecule has 0 aliphatic heterocycles. The predicted molar refractivity (Wildman–Crippen MR) is 39.5 cm³/mol. The van der Waals surface area contributed by atoms with Gasteiger partial charge in [0.25, 0.3) is 0 Å². The van der Waals surface area contributed by atoms with Crippen molar-refractivity contribution < 1.29 is 9.47 Å². The number of rotatable bonds is 2. The number of hydrogen-bond donors (Lipinski definition) is 1. The van der Waals surface area contributed by atoms with E-state index in [1.807, 2.05) is 0 Å². The minimum atomic E-state index is 0.140. The summed E-state index contributed by atoms with van der Waals surface area (Å²) in [5, 5.41) is 0. The van der Waals surface area contributed by atoms with Crippen molar-refractivity contribution in [3.8, 4) is 11.8 Å². The van der Waals surface area contributed by atoms with E-state index >= 15 is 0 Å². The Morgan fingerprint density at radius 1 is 1.18 bits per heavy atom. The molecule has 1 rings (SSSR count). The maximum Gasteiger partial charge on any atom is 0.226 e. The van der Waals surface area contributed by atoms with E-state index in [0.717, 1.165) is 0 Å². The highest BCUT2D eigenvalue weighted by Gasteiger charge is 2.00. The average Bonchev–Trinajstić information content (AvgIpc) is 2.03. The van der Waals surface area contributed by atoms with Gasteiger partial charge in [-0.05, 0) is 0 Å². The van der Waals surface area contributed by atoms with Gasteiger partial charge >= 0.3 is 0 Å². The number of hydrogen-bond acceptors (Lipinski definition) is 5. The molecule has 0 aromatic carbocycles. The fourth-order valence-electron chi connectivity index (χ4n) is 0.630. The maximum atomic E-state index is 5.33. The van der Waals surface area contributed by atoms with Crippen molar-refractivity contribution in [1.29, 1.82) is 0 Å². The first-order valence-electron chi connectivity index (χ1n) is 2.99. The third kappa shape index (κ3) is 1.70. The van der Waals surface area contributed by atoms with E-state index < -0.39 is 0 Å². The first-order chi connectivity index (χ1) is 5.26. The van der Waals surface area contributed by atoms with Crippen LogP contribution in [-0.2, 0) is 0 Å². The molecule has 11 heavy (non-hydrogen) atoms. The highest BCUT2D eigenvalue weighted by atomic mass is 16.5. The number of anilines is 1. The summed E-state index contributed by atoms with van der Waals surface area (Å²) in [7, 11) is 3.00. The fraction of sp³-hybridized carbons (Fsp3) is 0.333. The topological polar surface area (TPSA) is 70.3 Å². The Hall–Kier alpha value is -1.52. The van der Waals surface area contributed by atoms with Gasteiger partial charge in [0.1, 0.15) is 0 Å². The van der Waals surface area contributed by atoms with Crippen LogP contribution < -0.4 is 15.2 Å². The van der Waals surface area contributed by atoms with Crippen LogP contribution in [0.2, 0.25) is 0 Å². The molecule has 1 heterocycles. The van der Waals surface area contributed by atoms with E-state index in [2.05, 4.69) is 9.97 Å². The molecule has 0 unspecified atom stereocenters. The van der Waals surface area contributed by atoms with Crippen LogP contribution in [0.4, 0.5) is 5.95 Å². The van der Waals surface area contributed by atoms with Gasteiger partial charge in [-0.2, -0.15) is 9.97 Å². The number of ether oxygens (including phenoxy) is 2. The van der Waals surface area contributed by atoms with Crippen LogP contribution >= 0.6 is 0 Å². The van der Waals surface area contributed by atoms with Gasteiger partial charge in [0.2, 0.25) is 17.7 Å². The normalized spacial score (nSPS) is 9.27. The van der Waals surface area contributed by atoms with Crippen LogP contribution in [0.25, 0.3) is 0 Å². The van der Waals surface area contributed by atoms with E-state index in [9.17, 15) is 0 Å². The van der Waals surface area contributed by atoms with Crippen molar-refractivity contribution in [2.45, 2.75) is 0 Å². The van der Waals surface area contributed by atoms with Crippen molar-refractivity contribution >= 4 is 5.95 Å². The summed E-state index contributed by atoms with van der Waals surface area (Å²) in [6.07, 6.45) is 0. The standard InChI is InChI=1S/C6H9N3O2/c1-10-4-3-5(11-2)9-6(7)8-4/h3H,1-2H3,(H2,7,8,9)/i7+1,8+1,9+1. The smallest absolute Gasteiger partial charge is 0.226 e. The quantitative estimate of drug-likeness (QED) is 0.617. The summed E-state index contributed by atoms with van der Waals surface area (Å²) in [5.74, 6) is 0.935. The third-order valence-corrected chi connectivity index (χ3v) is 1.11. The lowest BCUT2D eigenvalue weighted by atomic mass is 10.6. The molecular formula is C6H9N3O2. The number of nitrogens with two attached hydrogens (primary N) is 1. The molecule has 0 bridgehead atoms. The van der Waals surface area contributed by atoms with E-state index in [1.54, 1.807) is 6.07 Å². The average molecular weight is 158 g/mol. The summed E-state index contributed by atoms with van der Waals surface area (Å²) >= 11 is 0. The summed E-state index contributed by atoms with van der Waals surface area (Å²) in [6.45, 7) is 0. The molecule has 5 heteroatoms. The molecule has 0 saturated heterocycles. The first kappa shape index (κ1) is 7.59. The van der Waals surface area contributed by atoms with E-state index in [1.165, 1.54) is 14.2 Å². The van der Waals surface area contributed by atoms with Gasteiger partial charge in [0.05, 0.1) is 20.3 Å². The van der Waals surface area contributed by atoms with E-state index in [-0.39, 0.29) is 5.95 Å². The van der Waals surface area contributed by atoms with Gasteiger partial charge in [-0.15, -0.1) is 0 Å². The second-order valence-electron chi connectivity index (χ2n) is 1.81. The molecule has 0 atom stereocenters. The van der Waals surface area contributed by atoms with Gasteiger partial charge in [0.15, 0.2) is 0 Å². The second-order valence-corrected chi connectivity index (χ2v) is 1.81. The Bertz CT molecular complexity index is 229. The Balaban J connectivity index is 3.02. The number of nitrogen functional groups attached to an aromatic ring is 1. The molecule has 0 fully saturated rings. The third-order valence-electron chi connectivity index (χ3n) is 1.11. The summed E-state index contributed by atoms with van der Waals surface area (Å²) < 4.78 is 9.65. The van der Waals surface area contributed by atoms with Crippen molar-refractivity contribution in [1.82, 2.24) is 9.97 Å². The van der Waals surface area contributed by atoms with Crippen LogP contribution in [0.1, 0.15) is 0 Å². The maximum absolute atomic E-state index is 5.33. The summed E-state index contributed by atoms with van der Waals surface area (Å²) in [6, 6.07) is 1.55. The van der Waals surface area contributed by atoms with Crippen LogP contribution in [0.5, 0.6) is 11.8 Å². The van der Waals surface area contributed by atoms with Crippen LogP contribution in [0, 0.1) is 0 Å². The molecular weight excluding hydrogens is 149 g/mol. The zero-order valence-corrected chi connectivity index (χ0v) is 6.37. The molecule has 0 spiro atoms.